The summed E-state index contributed by atoms with van der Waals surface area (Å²) in [5.41, 5.74) is 3.73. The van der Waals surface area contributed by atoms with E-state index in [0.29, 0.717) is 0 Å². The van der Waals surface area contributed by atoms with Crippen LogP contribution >= 0.6 is 0 Å². The Balaban J connectivity index is 2.41. The molecule has 0 saturated carbocycles. The molecule has 1 aliphatic rings. The molecule has 1 saturated heterocycles. The van der Waals surface area contributed by atoms with Gasteiger partial charge in [0.15, 0.2) is 6.04 Å². The Morgan fingerprint density at radius 2 is 2.33 bits per heavy atom. The van der Waals surface area contributed by atoms with E-state index in [2.05, 4.69) is 11.1 Å². The van der Waals surface area contributed by atoms with Crippen molar-refractivity contribution in [2.75, 3.05) is 6.54 Å². The second-order valence-electron chi connectivity index (χ2n) is 2.48. The van der Waals surface area contributed by atoms with Crippen LogP contribution in [0.3, 0.4) is 0 Å². The van der Waals surface area contributed by atoms with Gasteiger partial charge >= 0.3 is 0 Å². The molecule has 1 fully saturated rings. The lowest BCUT2D eigenvalue weighted by molar-refractivity contribution is -0.404. The molecule has 3 nitrogen and oxygen atoms in total. The summed E-state index contributed by atoms with van der Waals surface area (Å²) in [5, 5.41) is 2.79. The lowest BCUT2D eigenvalue weighted by Gasteiger charge is -2.00. The lowest BCUT2D eigenvalue weighted by Crippen LogP contribution is -2.66. The predicted octanol–water partition coefficient (Wildman–Crippen LogP) is -1.10. The molecule has 1 atom stereocenters. The van der Waals surface area contributed by atoms with Gasteiger partial charge in [0.25, 0.3) is 5.91 Å². The van der Waals surface area contributed by atoms with E-state index in [9.17, 15) is 4.79 Å². The minimum Gasteiger partial charge on any atom is -0.351 e. The first-order valence-corrected chi connectivity index (χ1v) is 3.41. The van der Waals surface area contributed by atoms with Crippen LogP contribution in [0.15, 0.2) is 0 Å². The Morgan fingerprint density at radius 3 is 3.11 bits per heavy atom. The number of quaternary nitrogens is 1. The van der Waals surface area contributed by atoms with Gasteiger partial charge in [-0.05, 0) is 12.8 Å². The van der Waals surface area contributed by atoms with Gasteiger partial charge in [0.05, 0.1) is 0 Å². The first kappa shape index (κ1) is 6.55. The summed E-state index contributed by atoms with van der Waals surface area (Å²) >= 11 is 0. The van der Waals surface area contributed by atoms with E-state index in [0.717, 1.165) is 25.8 Å². The summed E-state index contributed by atoms with van der Waals surface area (Å²) in [6, 6.07) is -0.00694. The maximum atomic E-state index is 10.8. The van der Waals surface area contributed by atoms with Gasteiger partial charge < -0.3 is 11.1 Å². The molecule has 0 spiro atoms. The second-order valence-corrected chi connectivity index (χ2v) is 2.48. The van der Waals surface area contributed by atoms with Gasteiger partial charge in [-0.3, -0.25) is 4.79 Å². The summed E-state index contributed by atoms with van der Waals surface area (Å²) in [6.45, 7) is 0.838. The minimum atomic E-state index is -0.00694. The van der Waals surface area contributed by atoms with Crippen molar-refractivity contribution in [1.82, 2.24) is 5.32 Å². The van der Waals surface area contributed by atoms with E-state index in [4.69, 9.17) is 0 Å². The van der Waals surface area contributed by atoms with Gasteiger partial charge in [-0.25, -0.2) is 0 Å². The quantitative estimate of drug-likeness (QED) is 0.428. The number of hydrogen-bond donors (Lipinski definition) is 2. The van der Waals surface area contributed by atoms with Crippen molar-refractivity contribution in [3.8, 4) is 0 Å². The van der Waals surface area contributed by atoms with Crippen molar-refractivity contribution >= 4 is 5.91 Å². The van der Waals surface area contributed by atoms with Crippen molar-refractivity contribution in [2.45, 2.75) is 25.3 Å². The predicted molar refractivity (Wildman–Crippen MR) is 33.5 cm³/mol. The van der Waals surface area contributed by atoms with Crippen LogP contribution in [-0.4, -0.2) is 18.5 Å². The third-order valence-corrected chi connectivity index (χ3v) is 1.65. The van der Waals surface area contributed by atoms with Crippen molar-refractivity contribution in [3.05, 3.63) is 0 Å². The highest BCUT2D eigenvalue weighted by atomic mass is 16.2. The van der Waals surface area contributed by atoms with Crippen LogP contribution < -0.4 is 11.1 Å². The van der Waals surface area contributed by atoms with Gasteiger partial charge in [-0.1, -0.05) is 0 Å². The minimum absolute atomic E-state index is 0.00694. The number of hydrogen-bond acceptors (Lipinski definition) is 1. The third kappa shape index (κ3) is 1.68. The van der Waals surface area contributed by atoms with E-state index >= 15 is 0 Å². The van der Waals surface area contributed by atoms with E-state index in [1.807, 2.05) is 0 Å². The SMILES string of the molecule is [NH3+]C1CCCCNC1=O. The zero-order valence-corrected chi connectivity index (χ0v) is 5.52. The molecule has 1 heterocycles. The van der Waals surface area contributed by atoms with Gasteiger partial charge in [0.2, 0.25) is 0 Å². The summed E-state index contributed by atoms with van der Waals surface area (Å²) in [4.78, 5) is 10.8. The Morgan fingerprint density at radius 1 is 1.56 bits per heavy atom. The Bertz CT molecular complexity index is 114. The molecule has 1 amide bonds. The number of amides is 1. The lowest BCUT2D eigenvalue weighted by atomic mass is 10.1. The Labute approximate surface area is 54.6 Å². The van der Waals surface area contributed by atoms with Crippen LogP contribution in [0.5, 0.6) is 0 Å². The Hall–Kier alpha value is -0.570. The molecular formula is C6H13N2O+. The molecule has 3 heteroatoms. The van der Waals surface area contributed by atoms with Gasteiger partial charge in [0, 0.05) is 13.0 Å². The molecule has 0 bridgehead atoms. The fourth-order valence-corrected chi connectivity index (χ4v) is 1.00. The smallest absolute Gasteiger partial charge is 0.278 e. The first-order valence-electron chi connectivity index (χ1n) is 3.41. The summed E-state index contributed by atoms with van der Waals surface area (Å²) in [6.07, 6.45) is 3.19. The van der Waals surface area contributed by atoms with E-state index in [1.165, 1.54) is 0 Å². The second kappa shape index (κ2) is 2.82. The van der Waals surface area contributed by atoms with E-state index < -0.39 is 0 Å². The molecule has 1 rings (SSSR count). The molecule has 0 radical (unpaired) electrons. The fourth-order valence-electron chi connectivity index (χ4n) is 1.00. The molecule has 0 aromatic rings. The first-order chi connectivity index (χ1) is 4.30. The van der Waals surface area contributed by atoms with Crippen LogP contribution in [0, 0.1) is 0 Å². The average molecular weight is 129 g/mol. The zero-order chi connectivity index (χ0) is 6.69. The van der Waals surface area contributed by atoms with Crippen LogP contribution in [-0.2, 0) is 4.79 Å². The maximum Gasteiger partial charge on any atom is 0.278 e. The molecule has 1 unspecified atom stereocenters. The largest absolute Gasteiger partial charge is 0.351 e. The molecule has 9 heavy (non-hydrogen) atoms. The van der Waals surface area contributed by atoms with Gasteiger partial charge in [-0.2, -0.15) is 0 Å². The van der Waals surface area contributed by atoms with Crippen LogP contribution in [0.4, 0.5) is 0 Å². The third-order valence-electron chi connectivity index (χ3n) is 1.65. The van der Waals surface area contributed by atoms with Crippen molar-refractivity contribution in [1.29, 1.82) is 0 Å². The number of carbonyl (C=O) groups is 1. The molecule has 0 aliphatic carbocycles. The molecular weight excluding hydrogens is 116 g/mol. The highest BCUT2D eigenvalue weighted by Gasteiger charge is 2.18. The molecule has 1 aliphatic heterocycles. The fraction of sp³-hybridized carbons (Fsp3) is 0.833. The number of nitrogens with one attached hydrogen (secondary N) is 1. The van der Waals surface area contributed by atoms with Crippen molar-refractivity contribution in [2.24, 2.45) is 0 Å². The zero-order valence-electron chi connectivity index (χ0n) is 5.52. The standard InChI is InChI=1S/C6H12N2O/c7-5-3-1-2-4-8-6(5)9/h5H,1-4,7H2,(H,8,9)/p+1. The van der Waals surface area contributed by atoms with E-state index in [1.54, 1.807) is 0 Å². The average Bonchev–Trinajstić information content (AvgIpc) is 1.99. The molecule has 0 aromatic carbocycles. The topological polar surface area (TPSA) is 56.7 Å². The van der Waals surface area contributed by atoms with Crippen LogP contribution in [0.25, 0.3) is 0 Å². The van der Waals surface area contributed by atoms with Crippen LogP contribution in [0.1, 0.15) is 19.3 Å². The highest BCUT2D eigenvalue weighted by molar-refractivity contribution is 5.80. The van der Waals surface area contributed by atoms with Crippen molar-refractivity contribution in [3.63, 3.8) is 0 Å². The van der Waals surface area contributed by atoms with Crippen LogP contribution in [0.2, 0.25) is 0 Å². The number of carbonyl (C=O) groups excluding carboxylic acids is 1. The highest BCUT2D eigenvalue weighted by Crippen LogP contribution is 2.00. The summed E-state index contributed by atoms with van der Waals surface area (Å²) < 4.78 is 0. The normalized spacial score (nSPS) is 29.0. The number of rotatable bonds is 0. The summed E-state index contributed by atoms with van der Waals surface area (Å²) in [7, 11) is 0. The summed E-state index contributed by atoms with van der Waals surface area (Å²) in [5.74, 6) is 0.118. The van der Waals surface area contributed by atoms with Gasteiger partial charge in [0.1, 0.15) is 0 Å². The monoisotopic (exact) mass is 129 g/mol. The van der Waals surface area contributed by atoms with E-state index in [-0.39, 0.29) is 11.9 Å². The Kier molecular flexibility index (Phi) is 2.05. The van der Waals surface area contributed by atoms with Crippen molar-refractivity contribution < 1.29 is 10.5 Å². The molecule has 52 valence electrons. The molecule has 0 aromatic heterocycles. The molecule has 4 N–H and O–H groups in total. The van der Waals surface area contributed by atoms with Gasteiger partial charge in [-0.15, -0.1) is 0 Å². The maximum absolute atomic E-state index is 10.8.